The van der Waals surface area contributed by atoms with Gasteiger partial charge in [0.05, 0.1) is 5.69 Å². The molecule has 2 rings (SSSR count). The highest BCUT2D eigenvalue weighted by Gasteiger charge is 2.32. The molecule has 20 heavy (non-hydrogen) atoms. The summed E-state index contributed by atoms with van der Waals surface area (Å²) in [6, 6.07) is 6.03. The maximum absolute atomic E-state index is 11.7. The van der Waals surface area contributed by atoms with Gasteiger partial charge in [-0.2, -0.15) is 0 Å². The van der Waals surface area contributed by atoms with Crippen molar-refractivity contribution in [2.75, 3.05) is 13.1 Å². The maximum atomic E-state index is 11.7. The largest absolute Gasteiger partial charge is 0.303 e. The molecule has 1 heterocycles. The lowest BCUT2D eigenvalue weighted by atomic mass is 9.81. The molecule has 0 atom stereocenters. The predicted octanol–water partition coefficient (Wildman–Crippen LogP) is 3.44. The molecule has 1 fully saturated rings. The van der Waals surface area contributed by atoms with E-state index in [4.69, 9.17) is 0 Å². The van der Waals surface area contributed by atoms with Crippen LogP contribution in [0, 0.1) is 5.41 Å². The van der Waals surface area contributed by atoms with E-state index in [0.717, 1.165) is 38.2 Å². The molecule has 1 aliphatic rings. The number of hydrogen-bond acceptors (Lipinski definition) is 3. The zero-order valence-electron chi connectivity index (χ0n) is 12.6. The summed E-state index contributed by atoms with van der Waals surface area (Å²) < 4.78 is 0. The molecule has 0 spiro atoms. The SMILES string of the molecule is CCN(Cc1ccccn1)CC1(C=O)CCCCCC1. The quantitative estimate of drug-likeness (QED) is 0.588. The third-order valence-corrected chi connectivity index (χ3v) is 4.45. The van der Waals surface area contributed by atoms with Gasteiger partial charge in [-0.1, -0.05) is 38.7 Å². The number of pyridine rings is 1. The first-order chi connectivity index (χ1) is 9.78. The van der Waals surface area contributed by atoms with Crippen LogP contribution in [-0.4, -0.2) is 29.3 Å². The minimum absolute atomic E-state index is 0.124. The fourth-order valence-corrected chi connectivity index (χ4v) is 3.19. The molecule has 0 amide bonds. The van der Waals surface area contributed by atoms with E-state index in [1.54, 1.807) is 0 Å². The van der Waals surface area contributed by atoms with Crippen molar-refractivity contribution in [2.45, 2.75) is 52.0 Å². The number of rotatable bonds is 6. The summed E-state index contributed by atoms with van der Waals surface area (Å²) in [6.45, 7) is 4.85. The Labute approximate surface area is 122 Å². The summed E-state index contributed by atoms with van der Waals surface area (Å²) in [4.78, 5) is 18.5. The number of aromatic nitrogens is 1. The summed E-state index contributed by atoms with van der Waals surface area (Å²) >= 11 is 0. The van der Waals surface area contributed by atoms with E-state index >= 15 is 0 Å². The van der Waals surface area contributed by atoms with E-state index in [-0.39, 0.29) is 5.41 Å². The van der Waals surface area contributed by atoms with Gasteiger partial charge in [0.15, 0.2) is 0 Å². The number of aldehydes is 1. The van der Waals surface area contributed by atoms with Crippen LogP contribution in [0.15, 0.2) is 24.4 Å². The number of carbonyl (C=O) groups excluding carboxylic acids is 1. The highest BCUT2D eigenvalue weighted by atomic mass is 16.1. The van der Waals surface area contributed by atoms with Crippen molar-refractivity contribution in [1.29, 1.82) is 0 Å². The Kier molecular flexibility index (Phi) is 5.72. The molecule has 0 aliphatic heterocycles. The van der Waals surface area contributed by atoms with Crippen LogP contribution in [0.25, 0.3) is 0 Å². The van der Waals surface area contributed by atoms with E-state index in [0.29, 0.717) is 0 Å². The van der Waals surface area contributed by atoms with Gasteiger partial charge in [-0.05, 0) is 31.5 Å². The number of nitrogens with zero attached hydrogens (tertiary/aromatic N) is 2. The maximum Gasteiger partial charge on any atom is 0.127 e. The third kappa shape index (κ3) is 4.14. The first kappa shape index (κ1) is 15.2. The van der Waals surface area contributed by atoms with E-state index < -0.39 is 0 Å². The second kappa shape index (κ2) is 7.53. The molecular formula is C17H26N2O. The van der Waals surface area contributed by atoms with Crippen molar-refractivity contribution in [1.82, 2.24) is 9.88 Å². The lowest BCUT2D eigenvalue weighted by Gasteiger charge is -2.33. The molecule has 0 bridgehead atoms. The van der Waals surface area contributed by atoms with Gasteiger partial charge in [-0.3, -0.25) is 9.88 Å². The molecular weight excluding hydrogens is 248 g/mol. The van der Waals surface area contributed by atoms with Crippen LogP contribution >= 0.6 is 0 Å². The lowest BCUT2D eigenvalue weighted by molar-refractivity contribution is -0.118. The molecule has 0 aromatic carbocycles. The Morgan fingerprint density at radius 1 is 1.25 bits per heavy atom. The standard InChI is InChI=1S/C17H26N2O/c1-2-19(13-16-9-5-8-12-18-16)14-17(15-20)10-6-3-4-7-11-17/h5,8-9,12,15H,2-4,6-7,10-11,13-14H2,1H3. The molecule has 1 aliphatic carbocycles. The van der Waals surface area contributed by atoms with Crippen LogP contribution in [0.5, 0.6) is 0 Å². The fraction of sp³-hybridized carbons (Fsp3) is 0.647. The third-order valence-electron chi connectivity index (χ3n) is 4.45. The molecule has 3 nitrogen and oxygen atoms in total. The molecule has 1 aromatic rings. The van der Waals surface area contributed by atoms with Gasteiger partial charge < -0.3 is 4.79 Å². The van der Waals surface area contributed by atoms with Crippen LogP contribution in [0.1, 0.15) is 51.1 Å². The first-order valence-electron chi connectivity index (χ1n) is 7.86. The Morgan fingerprint density at radius 2 is 2.00 bits per heavy atom. The van der Waals surface area contributed by atoms with E-state index in [2.05, 4.69) is 22.9 Å². The monoisotopic (exact) mass is 274 g/mol. The van der Waals surface area contributed by atoms with Crippen molar-refractivity contribution < 1.29 is 4.79 Å². The lowest BCUT2D eigenvalue weighted by Crippen LogP contribution is -2.38. The minimum Gasteiger partial charge on any atom is -0.303 e. The van der Waals surface area contributed by atoms with Gasteiger partial charge >= 0.3 is 0 Å². The fourth-order valence-electron chi connectivity index (χ4n) is 3.19. The van der Waals surface area contributed by atoms with Crippen molar-refractivity contribution in [3.05, 3.63) is 30.1 Å². The molecule has 0 saturated heterocycles. The summed E-state index contributed by atoms with van der Waals surface area (Å²) in [5.41, 5.74) is 0.963. The Hall–Kier alpha value is -1.22. The number of hydrogen-bond donors (Lipinski definition) is 0. The van der Waals surface area contributed by atoms with Crippen LogP contribution in [0.3, 0.4) is 0 Å². The van der Waals surface area contributed by atoms with Crippen LogP contribution in [0.2, 0.25) is 0 Å². The zero-order chi connectivity index (χ0) is 14.3. The van der Waals surface area contributed by atoms with Crippen LogP contribution < -0.4 is 0 Å². The van der Waals surface area contributed by atoms with Gasteiger partial charge in [0.2, 0.25) is 0 Å². The number of carbonyl (C=O) groups is 1. The van der Waals surface area contributed by atoms with Crippen molar-refractivity contribution >= 4 is 6.29 Å². The smallest absolute Gasteiger partial charge is 0.127 e. The molecule has 3 heteroatoms. The van der Waals surface area contributed by atoms with Crippen molar-refractivity contribution in [2.24, 2.45) is 5.41 Å². The summed E-state index contributed by atoms with van der Waals surface area (Å²) in [6.07, 6.45) is 10.1. The van der Waals surface area contributed by atoms with Gasteiger partial charge in [0.1, 0.15) is 6.29 Å². The normalized spacial score (nSPS) is 18.7. The van der Waals surface area contributed by atoms with Gasteiger partial charge in [0, 0.05) is 24.7 Å². The molecule has 1 aromatic heterocycles. The van der Waals surface area contributed by atoms with Crippen molar-refractivity contribution in [3.63, 3.8) is 0 Å². The minimum atomic E-state index is -0.124. The summed E-state index contributed by atoms with van der Waals surface area (Å²) in [7, 11) is 0. The molecule has 0 unspecified atom stereocenters. The topological polar surface area (TPSA) is 33.2 Å². The van der Waals surface area contributed by atoms with Crippen molar-refractivity contribution in [3.8, 4) is 0 Å². The first-order valence-corrected chi connectivity index (χ1v) is 7.86. The van der Waals surface area contributed by atoms with E-state index in [1.165, 1.54) is 32.0 Å². The summed E-state index contributed by atoms with van der Waals surface area (Å²) in [5.74, 6) is 0. The Bertz CT molecular complexity index is 397. The van der Waals surface area contributed by atoms with Crippen LogP contribution in [0.4, 0.5) is 0 Å². The zero-order valence-corrected chi connectivity index (χ0v) is 12.6. The van der Waals surface area contributed by atoms with Crippen LogP contribution in [-0.2, 0) is 11.3 Å². The average molecular weight is 274 g/mol. The molecule has 0 radical (unpaired) electrons. The van der Waals surface area contributed by atoms with Gasteiger partial charge in [-0.15, -0.1) is 0 Å². The average Bonchev–Trinajstić information content (AvgIpc) is 2.74. The van der Waals surface area contributed by atoms with E-state index in [9.17, 15) is 4.79 Å². The highest BCUT2D eigenvalue weighted by molar-refractivity contribution is 5.59. The van der Waals surface area contributed by atoms with Gasteiger partial charge in [-0.25, -0.2) is 0 Å². The van der Waals surface area contributed by atoms with E-state index in [1.807, 2.05) is 18.3 Å². The van der Waals surface area contributed by atoms with Gasteiger partial charge in [0.25, 0.3) is 0 Å². The molecule has 1 saturated carbocycles. The Morgan fingerprint density at radius 3 is 2.55 bits per heavy atom. The Balaban J connectivity index is 2.01. The second-order valence-corrected chi connectivity index (χ2v) is 6.02. The molecule has 110 valence electrons. The highest BCUT2D eigenvalue weighted by Crippen LogP contribution is 2.34. The molecule has 0 N–H and O–H groups in total. The predicted molar refractivity (Wildman–Crippen MR) is 81.4 cm³/mol. The summed E-state index contributed by atoms with van der Waals surface area (Å²) in [5, 5.41) is 0. The second-order valence-electron chi connectivity index (χ2n) is 6.02.